The molecule has 2 fully saturated rings. The van der Waals surface area contributed by atoms with Gasteiger partial charge in [0.15, 0.2) is 6.19 Å². The van der Waals surface area contributed by atoms with Crippen LogP contribution in [0.5, 0.6) is 0 Å². The summed E-state index contributed by atoms with van der Waals surface area (Å²) in [6.07, 6.45) is 12.8. The molecule has 3 N–H and O–H groups in total. The van der Waals surface area contributed by atoms with Gasteiger partial charge in [-0.05, 0) is 13.3 Å². The fourth-order valence-electron chi connectivity index (χ4n) is 2.69. The number of unbranched alkanes of at least 4 members (excludes halogenated alkanes) is 1. The van der Waals surface area contributed by atoms with Crippen LogP contribution in [0.15, 0.2) is 0 Å². The minimum atomic E-state index is 0.798. The molecule has 0 amide bonds. The molecule has 1 aliphatic heterocycles. The molecule has 0 aromatic rings. The lowest BCUT2D eigenvalue weighted by atomic mass is 10.1. The zero-order valence-corrected chi connectivity index (χ0v) is 13.5. The summed E-state index contributed by atoms with van der Waals surface area (Å²) in [6, 6.07) is 0.798. The van der Waals surface area contributed by atoms with Crippen LogP contribution in [-0.2, 0) is 0 Å². The van der Waals surface area contributed by atoms with E-state index in [1.807, 2.05) is 0 Å². The lowest BCUT2D eigenvalue weighted by Crippen LogP contribution is -2.47. The molecular weight excluding hydrogens is 248 g/mol. The predicted molar refractivity (Wildman–Crippen MR) is 86.3 cm³/mol. The lowest BCUT2D eigenvalue weighted by molar-refractivity contribution is 0.174. The molecule has 0 aromatic heterocycles. The van der Waals surface area contributed by atoms with Gasteiger partial charge in [0.1, 0.15) is 0 Å². The Morgan fingerprint density at radius 3 is 2.00 bits per heavy atom. The number of nitrogens with two attached hydrogens (primary N) is 1. The third-order valence-corrected chi connectivity index (χ3v) is 4.00. The van der Waals surface area contributed by atoms with Crippen LogP contribution in [0.3, 0.4) is 0 Å². The third-order valence-electron chi connectivity index (χ3n) is 4.00. The van der Waals surface area contributed by atoms with Crippen LogP contribution in [0.1, 0.15) is 65.2 Å². The smallest absolute Gasteiger partial charge is 0.173 e. The van der Waals surface area contributed by atoms with Crippen LogP contribution >= 0.6 is 0 Å². The van der Waals surface area contributed by atoms with Crippen LogP contribution in [0, 0.1) is 11.5 Å². The first kappa shape index (κ1) is 19.2. The largest absolute Gasteiger partial charge is 0.337 e. The van der Waals surface area contributed by atoms with Crippen LogP contribution in [0.2, 0.25) is 0 Å². The molecule has 1 heterocycles. The Kier molecular flexibility index (Phi) is 14.0. The molecule has 0 aromatic carbocycles. The van der Waals surface area contributed by atoms with Gasteiger partial charge in [-0.25, -0.2) is 0 Å². The van der Waals surface area contributed by atoms with E-state index in [9.17, 15) is 0 Å². The third kappa shape index (κ3) is 11.1. The van der Waals surface area contributed by atoms with Gasteiger partial charge < -0.3 is 11.1 Å². The van der Waals surface area contributed by atoms with Crippen molar-refractivity contribution in [2.24, 2.45) is 5.73 Å². The molecule has 2 rings (SSSR count). The maximum atomic E-state index is 7.10. The average molecular weight is 282 g/mol. The Morgan fingerprint density at radius 2 is 1.60 bits per heavy atom. The van der Waals surface area contributed by atoms with Crippen LogP contribution in [0.25, 0.3) is 0 Å². The number of piperazine rings is 1. The number of nitriles is 1. The van der Waals surface area contributed by atoms with Crippen molar-refractivity contribution >= 4 is 0 Å². The molecule has 1 saturated carbocycles. The average Bonchev–Trinajstić information content (AvgIpc) is 3.06. The molecular formula is C16H34N4. The number of rotatable bonds is 4. The Bertz CT molecular complexity index is 220. The molecule has 1 saturated heterocycles. The van der Waals surface area contributed by atoms with E-state index in [1.54, 1.807) is 0 Å². The fourth-order valence-corrected chi connectivity index (χ4v) is 2.69. The van der Waals surface area contributed by atoms with Crippen molar-refractivity contribution in [1.82, 2.24) is 10.2 Å². The summed E-state index contributed by atoms with van der Waals surface area (Å²) in [5.74, 6) is 0. The zero-order chi connectivity index (χ0) is 15.1. The highest BCUT2D eigenvalue weighted by molar-refractivity contribution is 4.73. The van der Waals surface area contributed by atoms with Gasteiger partial charge in [0, 0.05) is 32.2 Å². The fraction of sp³-hybridized carbons (Fsp3) is 0.938. The first-order chi connectivity index (χ1) is 9.76. The first-order valence-electron chi connectivity index (χ1n) is 8.30. The standard InChI is InChI=1S/C10H22N2.C5H10.CH2N2/c1-3-4-5-10(2)12-8-6-11-7-9-12;1-2-4-5-3-1;2-1-3/h10-11H,3-9H2,1-2H3;1-5H2;2H2. The summed E-state index contributed by atoms with van der Waals surface area (Å²) < 4.78 is 0. The Balaban J connectivity index is 0.000000371. The SMILES string of the molecule is C1CCCC1.CCCCC(C)N1CCNCC1.N#CN. The van der Waals surface area contributed by atoms with Gasteiger partial charge >= 0.3 is 0 Å². The second kappa shape index (κ2) is 14.6. The van der Waals surface area contributed by atoms with Crippen LogP contribution in [0.4, 0.5) is 0 Å². The maximum absolute atomic E-state index is 7.10. The summed E-state index contributed by atoms with van der Waals surface area (Å²) >= 11 is 0. The summed E-state index contributed by atoms with van der Waals surface area (Å²) in [6.45, 7) is 9.47. The van der Waals surface area contributed by atoms with Crippen molar-refractivity contribution in [1.29, 1.82) is 5.26 Å². The van der Waals surface area contributed by atoms with Gasteiger partial charge in [0.2, 0.25) is 0 Å². The van der Waals surface area contributed by atoms with E-state index in [2.05, 4.69) is 29.8 Å². The number of hydrogen-bond acceptors (Lipinski definition) is 4. The van der Waals surface area contributed by atoms with Gasteiger partial charge in [-0.15, -0.1) is 0 Å². The van der Waals surface area contributed by atoms with E-state index in [-0.39, 0.29) is 0 Å². The number of hydrogen-bond donors (Lipinski definition) is 2. The minimum Gasteiger partial charge on any atom is -0.337 e. The first-order valence-corrected chi connectivity index (χ1v) is 8.30. The Hall–Kier alpha value is -0.790. The van der Waals surface area contributed by atoms with Crippen molar-refractivity contribution in [3.05, 3.63) is 0 Å². The summed E-state index contributed by atoms with van der Waals surface area (Å²) in [5, 5.41) is 10.5. The molecule has 118 valence electrons. The van der Waals surface area contributed by atoms with Gasteiger partial charge in [-0.3, -0.25) is 4.90 Å². The van der Waals surface area contributed by atoms with E-state index in [4.69, 9.17) is 5.26 Å². The summed E-state index contributed by atoms with van der Waals surface area (Å²) in [7, 11) is 0. The van der Waals surface area contributed by atoms with Gasteiger partial charge in [0.25, 0.3) is 0 Å². The van der Waals surface area contributed by atoms with Crippen molar-refractivity contribution in [3.63, 3.8) is 0 Å². The maximum Gasteiger partial charge on any atom is 0.173 e. The van der Waals surface area contributed by atoms with E-state index in [0.29, 0.717) is 0 Å². The number of nitrogens with zero attached hydrogens (tertiary/aromatic N) is 2. The normalized spacial score (nSPS) is 19.9. The lowest BCUT2D eigenvalue weighted by Gasteiger charge is -2.32. The Labute approximate surface area is 125 Å². The second-order valence-corrected chi connectivity index (χ2v) is 5.67. The van der Waals surface area contributed by atoms with Crippen molar-refractivity contribution in [3.8, 4) is 6.19 Å². The molecule has 20 heavy (non-hydrogen) atoms. The van der Waals surface area contributed by atoms with Crippen LogP contribution in [-0.4, -0.2) is 37.1 Å². The highest BCUT2D eigenvalue weighted by Crippen LogP contribution is 2.15. The molecule has 4 nitrogen and oxygen atoms in total. The molecule has 1 atom stereocenters. The topological polar surface area (TPSA) is 65.1 Å². The van der Waals surface area contributed by atoms with Crippen molar-refractivity contribution < 1.29 is 0 Å². The van der Waals surface area contributed by atoms with Crippen LogP contribution < -0.4 is 11.1 Å². The summed E-state index contributed by atoms with van der Waals surface area (Å²) in [4.78, 5) is 2.60. The molecule has 4 heteroatoms. The highest BCUT2D eigenvalue weighted by Gasteiger charge is 2.14. The minimum absolute atomic E-state index is 0.798. The van der Waals surface area contributed by atoms with E-state index in [1.165, 1.54) is 83.7 Å². The quantitative estimate of drug-likeness (QED) is 0.615. The van der Waals surface area contributed by atoms with Crippen molar-refractivity contribution in [2.75, 3.05) is 26.2 Å². The molecule has 0 spiro atoms. The molecule has 1 aliphatic carbocycles. The van der Waals surface area contributed by atoms with E-state index < -0.39 is 0 Å². The molecule has 0 radical (unpaired) electrons. The zero-order valence-electron chi connectivity index (χ0n) is 13.5. The molecule has 0 bridgehead atoms. The van der Waals surface area contributed by atoms with E-state index >= 15 is 0 Å². The monoisotopic (exact) mass is 282 g/mol. The predicted octanol–water partition coefficient (Wildman–Crippen LogP) is 2.85. The van der Waals surface area contributed by atoms with Crippen molar-refractivity contribution in [2.45, 2.75) is 71.3 Å². The highest BCUT2D eigenvalue weighted by atomic mass is 15.2. The molecule has 1 unspecified atom stereocenters. The summed E-state index contributed by atoms with van der Waals surface area (Å²) in [5.41, 5.74) is 4.15. The molecule has 2 aliphatic rings. The number of nitrogens with one attached hydrogen (secondary N) is 1. The Morgan fingerprint density at radius 1 is 1.15 bits per heavy atom. The van der Waals surface area contributed by atoms with Gasteiger partial charge in [-0.1, -0.05) is 51.9 Å². The van der Waals surface area contributed by atoms with E-state index in [0.717, 1.165) is 6.04 Å². The second-order valence-electron chi connectivity index (χ2n) is 5.67. The van der Waals surface area contributed by atoms with Gasteiger partial charge in [-0.2, -0.15) is 5.26 Å². The van der Waals surface area contributed by atoms with Gasteiger partial charge in [0.05, 0.1) is 0 Å².